The van der Waals surface area contributed by atoms with Crippen LogP contribution in [0.5, 0.6) is 5.75 Å². The molecule has 2 aliphatic rings. The van der Waals surface area contributed by atoms with E-state index >= 15 is 0 Å². The first-order valence-electron chi connectivity index (χ1n) is 9.18. The van der Waals surface area contributed by atoms with E-state index in [1.165, 1.54) is 17.1 Å². The molecule has 0 saturated carbocycles. The molecule has 0 aromatic heterocycles. The van der Waals surface area contributed by atoms with Crippen molar-refractivity contribution in [2.75, 3.05) is 36.5 Å². The maximum atomic E-state index is 12.7. The van der Waals surface area contributed by atoms with E-state index in [0.717, 1.165) is 43.1 Å². The first kappa shape index (κ1) is 17.4. The Labute approximate surface area is 158 Å². The fraction of sp³-hybridized carbons (Fsp3) is 0.381. The quantitative estimate of drug-likeness (QED) is 0.898. The molecule has 0 radical (unpaired) electrons. The highest BCUT2D eigenvalue weighted by Gasteiger charge is 2.25. The first-order valence-corrected chi connectivity index (χ1v) is 10.3. The lowest BCUT2D eigenvalue weighted by Crippen LogP contribution is -2.33. The number of para-hydroxylation sites is 1. The normalized spacial score (nSPS) is 20.1. The maximum absolute atomic E-state index is 12.7. The van der Waals surface area contributed by atoms with Crippen molar-refractivity contribution in [3.8, 4) is 5.75 Å². The van der Waals surface area contributed by atoms with Crippen LogP contribution in [0.1, 0.15) is 11.1 Å². The van der Waals surface area contributed by atoms with Crippen molar-refractivity contribution in [1.29, 1.82) is 0 Å². The van der Waals surface area contributed by atoms with Gasteiger partial charge < -0.3 is 10.1 Å². The molecule has 1 N–H and O–H groups in total. The van der Waals surface area contributed by atoms with Gasteiger partial charge in [0.1, 0.15) is 12.4 Å². The molecule has 4 nitrogen and oxygen atoms in total. The zero-order valence-electron chi connectivity index (χ0n) is 14.8. The third-order valence-electron chi connectivity index (χ3n) is 4.95. The molecule has 2 heterocycles. The number of benzene rings is 2. The van der Waals surface area contributed by atoms with Crippen LogP contribution in [-0.4, -0.2) is 42.0 Å². The number of hydrogen-bond acceptors (Lipinski definition) is 4. The van der Waals surface area contributed by atoms with E-state index in [1.54, 1.807) is 0 Å². The lowest BCUT2D eigenvalue weighted by atomic mass is 9.96. The molecule has 26 heavy (non-hydrogen) atoms. The predicted molar refractivity (Wildman–Crippen MR) is 107 cm³/mol. The number of hydrogen-bond donors (Lipinski definition) is 1. The third-order valence-corrected chi connectivity index (χ3v) is 5.90. The first-order chi connectivity index (χ1) is 12.8. The molecule has 5 heteroatoms. The van der Waals surface area contributed by atoms with E-state index in [2.05, 4.69) is 22.3 Å². The van der Waals surface area contributed by atoms with E-state index in [9.17, 15) is 4.79 Å². The second-order valence-electron chi connectivity index (χ2n) is 6.90. The Morgan fingerprint density at radius 1 is 1.15 bits per heavy atom. The molecule has 2 aliphatic heterocycles. The number of nitrogens with zero attached hydrogens (tertiary/aromatic N) is 1. The monoisotopic (exact) mass is 368 g/mol. The van der Waals surface area contributed by atoms with Gasteiger partial charge in [-0.05, 0) is 35.7 Å². The molecule has 1 saturated heterocycles. The van der Waals surface area contributed by atoms with Gasteiger partial charge in [-0.15, -0.1) is 0 Å². The van der Waals surface area contributed by atoms with Crippen molar-refractivity contribution >= 4 is 23.4 Å². The molecule has 0 spiro atoms. The molecule has 1 unspecified atom stereocenters. The van der Waals surface area contributed by atoms with Crippen LogP contribution in [0.4, 0.5) is 5.69 Å². The summed E-state index contributed by atoms with van der Waals surface area (Å²) in [7, 11) is 0. The van der Waals surface area contributed by atoms with Crippen molar-refractivity contribution < 1.29 is 9.53 Å². The number of rotatable bonds is 4. The number of amides is 1. The van der Waals surface area contributed by atoms with Crippen LogP contribution in [0.3, 0.4) is 0 Å². The minimum Gasteiger partial charge on any atom is -0.492 e. The SMILES string of the molecule is O=C(Nc1cccc(CN2CCSCC2)c1)C1COc2ccccc2C1. The van der Waals surface area contributed by atoms with Crippen LogP contribution in [0.25, 0.3) is 0 Å². The number of carbonyl (C=O) groups is 1. The molecule has 0 aliphatic carbocycles. The van der Waals surface area contributed by atoms with Crippen LogP contribution in [0, 0.1) is 5.92 Å². The Morgan fingerprint density at radius 2 is 2.00 bits per heavy atom. The molecule has 136 valence electrons. The van der Waals surface area contributed by atoms with E-state index in [-0.39, 0.29) is 11.8 Å². The molecule has 0 bridgehead atoms. The molecule has 1 amide bonds. The third kappa shape index (κ3) is 4.22. The number of ether oxygens (including phenoxy) is 1. The van der Waals surface area contributed by atoms with Gasteiger partial charge in [0.2, 0.25) is 5.91 Å². The largest absolute Gasteiger partial charge is 0.492 e. The minimum atomic E-state index is -0.146. The van der Waals surface area contributed by atoms with Crippen molar-refractivity contribution in [2.45, 2.75) is 13.0 Å². The van der Waals surface area contributed by atoms with Crippen molar-refractivity contribution in [3.05, 3.63) is 59.7 Å². The fourth-order valence-electron chi connectivity index (χ4n) is 3.51. The van der Waals surface area contributed by atoms with Crippen molar-refractivity contribution in [1.82, 2.24) is 4.90 Å². The molecule has 1 fully saturated rings. The van der Waals surface area contributed by atoms with E-state index in [4.69, 9.17) is 4.74 Å². The van der Waals surface area contributed by atoms with Gasteiger partial charge in [0.05, 0.1) is 5.92 Å². The van der Waals surface area contributed by atoms with Crippen LogP contribution in [0.2, 0.25) is 0 Å². The Balaban J connectivity index is 1.38. The fourth-order valence-corrected chi connectivity index (χ4v) is 4.48. The molecular formula is C21H24N2O2S. The topological polar surface area (TPSA) is 41.6 Å². The Hall–Kier alpha value is -1.98. The highest BCUT2D eigenvalue weighted by molar-refractivity contribution is 7.99. The zero-order valence-corrected chi connectivity index (χ0v) is 15.6. The van der Waals surface area contributed by atoms with Crippen LogP contribution in [-0.2, 0) is 17.8 Å². The maximum Gasteiger partial charge on any atom is 0.231 e. The molecule has 2 aromatic carbocycles. The van der Waals surface area contributed by atoms with Crippen LogP contribution < -0.4 is 10.1 Å². The van der Waals surface area contributed by atoms with Gasteiger partial charge in [0.25, 0.3) is 0 Å². The van der Waals surface area contributed by atoms with E-state index in [1.807, 2.05) is 48.2 Å². The number of fused-ring (bicyclic) bond motifs is 1. The smallest absolute Gasteiger partial charge is 0.231 e. The summed E-state index contributed by atoms with van der Waals surface area (Å²) in [5.74, 6) is 3.20. The predicted octanol–water partition coefficient (Wildman–Crippen LogP) is 3.43. The molecule has 1 atom stereocenters. The van der Waals surface area contributed by atoms with Gasteiger partial charge >= 0.3 is 0 Å². The van der Waals surface area contributed by atoms with Gasteiger partial charge in [0, 0.05) is 36.8 Å². The van der Waals surface area contributed by atoms with Gasteiger partial charge in [-0.2, -0.15) is 11.8 Å². The summed E-state index contributed by atoms with van der Waals surface area (Å²) in [6, 6.07) is 16.2. The summed E-state index contributed by atoms with van der Waals surface area (Å²) < 4.78 is 5.75. The average molecular weight is 369 g/mol. The van der Waals surface area contributed by atoms with Gasteiger partial charge in [-0.25, -0.2) is 0 Å². The summed E-state index contributed by atoms with van der Waals surface area (Å²) in [4.78, 5) is 15.1. The second kappa shape index (κ2) is 8.14. The summed E-state index contributed by atoms with van der Waals surface area (Å²) >= 11 is 2.02. The average Bonchev–Trinajstić information content (AvgIpc) is 2.68. The van der Waals surface area contributed by atoms with Gasteiger partial charge in [0.15, 0.2) is 0 Å². The lowest BCUT2D eigenvalue weighted by Gasteiger charge is -2.26. The van der Waals surface area contributed by atoms with Gasteiger partial charge in [-0.1, -0.05) is 30.3 Å². The summed E-state index contributed by atoms with van der Waals surface area (Å²) in [5, 5.41) is 3.08. The zero-order chi connectivity index (χ0) is 17.8. The number of anilines is 1. The molecule has 2 aromatic rings. The second-order valence-corrected chi connectivity index (χ2v) is 8.12. The Kier molecular flexibility index (Phi) is 5.46. The minimum absolute atomic E-state index is 0.0334. The lowest BCUT2D eigenvalue weighted by molar-refractivity contribution is -0.121. The summed E-state index contributed by atoms with van der Waals surface area (Å²) in [6.07, 6.45) is 0.729. The Morgan fingerprint density at radius 3 is 2.88 bits per heavy atom. The number of nitrogens with one attached hydrogen (secondary N) is 1. The summed E-state index contributed by atoms with van der Waals surface area (Å²) in [5.41, 5.74) is 3.23. The molecular weight excluding hydrogens is 344 g/mol. The number of carbonyl (C=O) groups excluding carboxylic acids is 1. The highest BCUT2D eigenvalue weighted by atomic mass is 32.2. The van der Waals surface area contributed by atoms with Gasteiger partial charge in [-0.3, -0.25) is 9.69 Å². The van der Waals surface area contributed by atoms with Crippen LogP contribution in [0.15, 0.2) is 48.5 Å². The molecule has 4 rings (SSSR count). The van der Waals surface area contributed by atoms with Crippen LogP contribution >= 0.6 is 11.8 Å². The summed E-state index contributed by atoms with van der Waals surface area (Å²) in [6.45, 7) is 3.66. The van der Waals surface area contributed by atoms with Crippen molar-refractivity contribution in [2.24, 2.45) is 5.92 Å². The van der Waals surface area contributed by atoms with E-state index < -0.39 is 0 Å². The van der Waals surface area contributed by atoms with Crippen molar-refractivity contribution in [3.63, 3.8) is 0 Å². The number of thioether (sulfide) groups is 1. The van der Waals surface area contributed by atoms with E-state index in [0.29, 0.717) is 6.61 Å². The standard InChI is InChI=1S/C21H24N2O2S/c24-21(18-13-17-5-1-2-7-20(17)25-15-18)22-19-6-3-4-16(12-19)14-23-8-10-26-11-9-23/h1-7,12,18H,8-11,13-15H2,(H,22,24). The highest BCUT2D eigenvalue weighted by Crippen LogP contribution is 2.27. The Bertz CT molecular complexity index is 774.